The highest BCUT2D eigenvalue weighted by atomic mass is 16.5. The first-order chi connectivity index (χ1) is 31.4. The molecule has 4 N–H and O–H groups in total. The monoisotopic (exact) mass is 882 g/mol. The van der Waals surface area contributed by atoms with Crippen molar-refractivity contribution >= 4 is 67.6 Å². The van der Waals surface area contributed by atoms with Crippen LogP contribution in [0.25, 0.3) is 54.7 Å². The van der Waals surface area contributed by atoms with Crippen LogP contribution in [0, 0.1) is 23.7 Å². The SMILES string of the molecule is COC(=O)N[C@H](C(=O)N1CCC[C@H]1c1nc2c(ccc3cc(-c4ccc5c(ccc6[nH]c([C@@H]7C[C@H](COCC8C=CC8)CN7C(=O)[C@@H](NC(=O)OC)C(C)C)nc65)c4)ccc32)[nH]1)C(C)C. The summed E-state index contributed by atoms with van der Waals surface area (Å²) in [6.07, 6.45) is 6.38. The van der Waals surface area contributed by atoms with E-state index < -0.39 is 24.3 Å². The van der Waals surface area contributed by atoms with Gasteiger partial charge >= 0.3 is 12.2 Å². The fourth-order valence-corrected chi connectivity index (χ4v) is 9.77. The number of rotatable bonds is 13. The first-order valence-corrected chi connectivity index (χ1v) is 22.8. The molecule has 9 rings (SSSR count). The Morgan fingerprint density at radius 2 is 1.26 bits per heavy atom. The maximum Gasteiger partial charge on any atom is 0.407 e. The average molecular weight is 883 g/mol. The van der Waals surface area contributed by atoms with E-state index >= 15 is 0 Å². The van der Waals surface area contributed by atoms with Crippen LogP contribution in [-0.2, 0) is 23.8 Å². The molecule has 2 aromatic heterocycles. The van der Waals surface area contributed by atoms with Crippen LogP contribution in [0.1, 0.15) is 77.1 Å². The van der Waals surface area contributed by atoms with Gasteiger partial charge < -0.3 is 44.6 Å². The maximum absolute atomic E-state index is 14.2. The van der Waals surface area contributed by atoms with E-state index in [4.69, 9.17) is 24.2 Å². The summed E-state index contributed by atoms with van der Waals surface area (Å²) < 4.78 is 15.8. The molecule has 65 heavy (non-hydrogen) atoms. The van der Waals surface area contributed by atoms with Crippen molar-refractivity contribution in [2.45, 2.75) is 77.5 Å². The number of amides is 4. The van der Waals surface area contributed by atoms with Crippen molar-refractivity contribution in [3.63, 3.8) is 0 Å². The number of alkyl carbamates (subject to hydrolysis) is 2. The van der Waals surface area contributed by atoms with Crippen molar-refractivity contribution < 1.29 is 33.4 Å². The molecule has 0 saturated carbocycles. The molecule has 4 aromatic carbocycles. The van der Waals surface area contributed by atoms with Crippen molar-refractivity contribution in [3.05, 3.63) is 84.5 Å². The zero-order valence-electron chi connectivity index (χ0n) is 37.9. The summed E-state index contributed by atoms with van der Waals surface area (Å²) in [4.78, 5) is 73.4. The predicted octanol–water partition coefficient (Wildman–Crippen LogP) is 8.32. The topological polar surface area (TPSA) is 184 Å². The third-order valence-corrected chi connectivity index (χ3v) is 13.5. The molecule has 2 aliphatic heterocycles. The van der Waals surface area contributed by atoms with Gasteiger partial charge in [-0.15, -0.1) is 0 Å². The number of nitrogens with zero attached hydrogens (tertiary/aromatic N) is 4. The van der Waals surface area contributed by atoms with Gasteiger partial charge in [-0.2, -0.15) is 0 Å². The van der Waals surface area contributed by atoms with Gasteiger partial charge in [0.25, 0.3) is 0 Å². The second kappa shape index (κ2) is 18.2. The molecular formula is C50H58N8O7. The van der Waals surface area contributed by atoms with E-state index in [1.54, 1.807) is 0 Å². The number of aromatic nitrogens is 4. The van der Waals surface area contributed by atoms with E-state index in [9.17, 15) is 19.2 Å². The number of imidazole rings is 2. The van der Waals surface area contributed by atoms with Crippen LogP contribution in [0.2, 0.25) is 0 Å². The minimum atomic E-state index is -0.756. The highest BCUT2D eigenvalue weighted by Crippen LogP contribution is 2.39. The van der Waals surface area contributed by atoms with Crippen LogP contribution in [-0.4, -0.2) is 106 Å². The summed E-state index contributed by atoms with van der Waals surface area (Å²) in [5.41, 5.74) is 5.58. The van der Waals surface area contributed by atoms with E-state index in [-0.39, 0.29) is 41.7 Å². The van der Waals surface area contributed by atoms with Gasteiger partial charge in [-0.05, 0) is 83.7 Å². The maximum atomic E-state index is 14.2. The van der Waals surface area contributed by atoms with Crippen LogP contribution >= 0.6 is 0 Å². The zero-order chi connectivity index (χ0) is 45.5. The number of benzene rings is 4. The minimum absolute atomic E-state index is 0.105. The molecule has 1 aliphatic carbocycles. The number of ether oxygens (including phenoxy) is 3. The second-order valence-electron chi connectivity index (χ2n) is 18.5. The highest BCUT2D eigenvalue weighted by molar-refractivity contribution is 6.07. The van der Waals surface area contributed by atoms with Gasteiger partial charge in [0.05, 0.1) is 61.6 Å². The molecule has 4 amide bonds. The van der Waals surface area contributed by atoms with Crippen molar-refractivity contribution in [3.8, 4) is 11.1 Å². The number of likely N-dealkylation sites (tertiary alicyclic amines) is 2. The lowest BCUT2D eigenvalue weighted by atomic mass is 9.96. The summed E-state index contributed by atoms with van der Waals surface area (Å²) in [7, 11) is 2.59. The Morgan fingerprint density at radius 3 is 1.77 bits per heavy atom. The molecule has 0 bridgehead atoms. The van der Waals surface area contributed by atoms with Crippen LogP contribution in [0.15, 0.2) is 72.8 Å². The molecule has 15 nitrogen and oxygen atoms in total. The summed E-state index contributed by atoms with van der Waals surface area (Å²) >= 11 is 0. The van der Waals surface area contributed by atoms with Gasteiger partial charge in [-0.3, -0.25) is 9.59 Å². The first kappa shape index (κ1) is 43.8. The summed E-state index contributed by atoms with van der Waals surface area (Å²) in [6.45, 7) is 9.93. The Kier molecular flexibility index (Phi) is 12.2. The van der Waals surface area contributed by atoms with Gasteiger partial charge in [0, 0.05) is 35.7 Å². The van der Waals surface area contributed by atoms with Crippen LogP contribution in [0.3, 0.4) is 0 Å². The Labute approximate surface area is 377 Å². The molecule has 340 valence electrons. The molecule has 1 unspecified atom stereocenters. The van der Waals surface area contributed by atoms with E-state index in [0.29, 0.717) is 44.5 Å². The van der Waals surface area contributed by atoms with E-state index in [0.717, 1.165) is 79.8 Å². The van der Waals surface area contributed by atoms with Crippen LogP contribution < -0.4 is 10.6 Å². The number of hydrogen-bond acceptors (Lipinski definition) is 9. The predicted molar refractivity (Wildman–Crippen MR) is 249 cm³/mol. The summed E-state index contributed by atoms with van der Waals surface area (Å²) in [6, 6.07) is 19.1. The zero-order valence-corrected chi connectivity index (χ0v) is 37.9. The number of carbonyl (C=O) groups excluding carboxylic acids is 4. The Morgan fingerprint density at radius 1 is 0.723 bits per heavy atom. The molecule has 0 radical (unpaired) electrons. The van der Waals surface area contributed by atoms with Gasteiger partial charge in [0.15, 0.2) is 0 Å². The number of H-pyrrole nitrogens is 2. The standard InChI is InChI=1S/C50H58N8O7/c1-27(2)41(55-49(61)63-5)47(59)57-20-8-11-39(57)45-51-37-18-14-33-22-31(12-16-35(33)43(37)53-45)32-13-17-36-34(23-32)15-19-38-44(36)54-46(52-38)40-21-30(26-65-25-29-9-7-10-29)24-58(40)48(60)42(28(3)4)56-50(62)64-6/h7,9,12-19,22-23,27-30,39-42H,8,10-11,20-21,24-26H2,1-6H3,(H,51,53)(H,52,54)(H,55,61)(H,56,62)/t29?,30-,39-,40-,41-,42-/m0/s1. The molecule has 0 spiro atoms. The van der Waals surface area contributed by atoms with Crippen molar-refractivity contribution in [1.82, 2.24) is 40.4 Å². The summed E-state index contributed by atoms with van der Waals surface area (Å²) in [5, 5.41) is 9.58. The van der Waals surface area contributed by atoms with Crippen molar-refractivity contribution in [2.24, 2.45) is 23.7 Å². The number of methoxy groups -OCH3 is 2. The lowest BCUT2D eigenvalue weighted by Gasteiger charge is -2.30. The fourth-order valence-electron chi connectivity index (χ4n) is 9.77. The van der Waals surface area contributed by atoms with Crippen LogP contribution in [0.5, 0.6) is 0 Å². The van der Waals surface area contributed by atoms with Gasteiger partial charge in [0.1, 0.15) is 23.7 Å². The second-order valence-corrected chi connectivity index (χ2v) is 18.5. The lowest BCUT2D eigenvalue weighted by Crippen LogP contribution is -2.51. The van der Waals surface area contributed by atoms with Crippen LogP contribution in [0.4, 0.5) is 9.59 Å². The van der Waals surface area contributed by atoms with Gasteiger partial charge in [-0.25, -0.2) is 19.6 Å². The van der Waals surface area contributed by atoms with Gasteiger partial charge in [-0.1, -0.05) is 76.2 Å². The molecule has 15 heteroatoms. The van der Waals surface area contributed by atoms with Crippen molar-refractivity contribution in [1.29, 1.82) is 0 Å². The Hall–Kier alpha value is -6.48. The molecule has 2 saturated heterocycles. The number of nitrogens with one attached hydrogen (secondary N) is 4. The fraction of sp³-hybridized carbons (Fsp3) is 0.440. The summed E-state index contributed by atoms with van der Waals surface area (Å²) in [5.74, 6) is 1.41. The Bertz CT molecular complexity index is 2810. The molecule has 6 aromatic rings. The number of aromatic amines is 2. The number of allylic oxidation sites excluding steroid dienone is 1. The average Bonchev–Trinajstić information content (AvgIpc) is 4.12. The van der Waals surface area contributed by atoms with Gasteiger partial charge in [0.2, 0.25) is 11.8 Å². The lowest BCUT2D eigenvalue weighted by molar-refractivity contribution is -0.136. The number of fused-ring (bicyclic) bond motifs is 6. The smallest absolute Gasteiger partial charge is 0.407 e. The molecular weight excluding hydrogens is 825 g/mol. The quantitative estimate of drug-likeness (QED) is 0.0829. The highest BCUT2D eigenvalue weighted by Gasteiger charge is 2.42. The van der Waals surface area contributed by atoms with E-state index in [2.05, 4.69) is 81.3 Å². The number of hydrogen-bond donors (Lipinski definition) is 4. The number of carbonyl (C=O) groups is 4. The minimum Gasteiger partial charge on any atom is -0.453 e. The van der Waals surface area contributed by atoms with Crippen molar-refractivity contribution in [2.75, 3.05) is 40.5 Å². The molecule has 4 heterocycles. The molecule has 2 fully saturated rings. The first-order valence-electron chi connectivity index (χ1n) is 22.8. The molecule has 3 aliphatic rings. The third kappa shape index (κ3) is 8.61. The third-order valence-electron chi connectivity index (χ3n) is 13.5. The normalized spacial score (nSPS) is 20.6. The van der Waals surface area contributed by atoms with E-state index in [1.165, 1.54) is 14.2 Å². The van der Waals surface area contributed by atoms with E-state index in [1.807, 2.05) is 49.6 Å². The Balaban J connectivity index is 0.972. The largest absolute Gasteiger partial charge is 0.453 e. The molecule has 6 atom stereocenters.